The van der Waals surface area contributed by atoms with Crippen molar-refractivity contribution < 1.29 is 14.6 Å². The number of methoxy groups -OCH3 is 1. The van der Waals surface area contributed by atoms with Crippen LogP contribution in [0.1, 0.15) is 9.67 Å². The average Bonchev–Trinajstić information content (AvgIpc) is 2.32. The number of carbonyl (C=O) groups excluding carboxylic acids is 1. The third kappa shape index (κ3) is 1.39. The molecule has 0 aliphatic carbocycles. The van der Waals surface area contributed by atoms with Crippen LogP contribution in [0.2, 0.25) is 0 Å². The lowest BCUT2D eigenvalue weighted by Gasteiger charge is -1.94. The first-order valence-electron chi connectivity index (χ1n) is 2.93. The van der Waals surface area contributed by atoms with Gasteiger partial charge in [-0.2, -0.15) is 0 Å². The first kappa shape index (κ1) is 9.34. The highest BCUT2D eigenvalue weighted by Gasteiger charge is 2.19. The summed E-state index contributed by atoms with van der Waals surface area (Å²) in [4.78, 5) is 11.1. The predicted octanol–water partition coefficient (Wildman–Crippen LogP) is 1.59. The maximum absolute atomic E-state index is 11.0. The lowest BCUT2D eigenvalue weighted by molar-refractivity contribution is 0.0603. The Morgan fingerprint density at radius 3 is 2.67 bits per heavy atom. The lowest BCUT2D eigenvalue weighted by atomic mass is 10.4. The van der Waals surface area contributed by atoms with Crippen molar-refractivity contribution in [1.82, 2.24) is 0 Å². The Balaban J connectivity index is 3.17. The smallest absolute Gasteiger partial charge is 0.352 e. The van der Waals surface area contributed by atoms with Gasteiger partial charge in [-0.15, -0.1) is 11.3 Å². The highest BCUT2D eigenvalue weighted by atomic mass is 79.9. The van der Waals surface area contributed by atoms with Crippen molar-refractivity contribution in [3.8, 4) is 5.75 Å². The van der Waals surface area contributed by atoms with Gasteiger partial charge in [-0.3, -0.25) is 0 Å². The minimum absolute atomic E-state index is 0.113. The van der Waals surface area contributed by atoms with Crippen molar-refractivity contribution in [2.24, 2.45) is 0 Å². The summed E-state index contributed by atoms with van der Waals surface area (Å²) >= 11 is 4.13. The van der Waals surface area contributed by atoms with Gasteiger partial charge in [0, 0.05) is 0 Å². The van der Waals surface area contributed by atoms with Crippen LogP contribution in [0.3, 0.4) is 0 Å². The van der Waals surface area contributed by atoms with E-state index in [0.29, 0.717) is 3.79 Å². The number of nitrogens with two attached hydrogens (primary N) is 1. The van der Waals surface area contributed by atoms with Crippen molar-refractivity contribution in [2.45, 2.75) is 0 Å². The van der Waals surface area contributed by atoms with E-state index in [1.165, 1.54) is 7.11 Å². The number of hydrogen-bond acceptors (Lipinski definition) is 5. The average molecular weight is 252 g/mol. The Morgan fingerprint density at radius 1 is 1.75 bits per heavy atom. The molecule has 1 aromatic heterocycles. The molecule has 0 saturated heterocycles. The molecule has 0 saturated carbocycles. The maximum atomic E-state index is 11.0. The van der Waals surface area contributed by atoms with Gasteiger partial charge in [0.15, 0.2) is 10.6 Å². The largest absolute Gasteiger partial charge is 0.504 e. The van der Waals surface area contributed by atoms with E-state index < -0.39 is 5.97 Å². The molecule has 0 amide bonds. The molecule has 1 rings (SSSR count). The molecule has 0 fully saturated rings. The van der Waals surface area contributed by atoms with E-state index in [-0.39, 0.29) is 16.3 Å². The Labute approximate surface area is 81.1 Å². The van der Waals surface area contributed by atoms with Crippen LogP contribution >= 0.6 is 27.3 Å². The number of nitrogen functional groups attached to an aromatic ring is 1. The number of carbonyl (C=O) groups is 1. The SMILES string of the molecule is COC(=O)c1sc(Br)c(N)c1O. The van der Waals surface area contributed by atoms with E-state index >= 15 is 0 Å². The monoisotopic (exact) mass is 251 g/mol. The zero-order valence-electron chi connectivity index (χ0n) is 6.13. The zero-order valence-corrected chi connectivity index (χ0v) is 8.53. The van der Waals surface area contributed by atoms with E-state index in [0.717, 1.165) is 11.3 Å². The van der Waals surface area contributed by atoms with Crippen LogP contribution in [-0.4, -0.2) is 18.2 Å². The molecule has 4 nitrogen and oxygen atoms in total. The van der Waals surface area contributed by atoms with Crippen LogP contribution in [0.15, 0.2) is 3.79 Å². The van der Waals surface area contributed by atoms with Gasteiger partial charge < -0.3 is 15.6 Å². The molecule has 1 aromatic rings. The third-order valence-corrected chi connectivity index (χ3v) is 3.12. The van der Waals surface area contributed by atoms with Crippen LogP contribution in [-0.2, 0) is 4.74 Å². The molecule has 66 valence electrons. The second-order valence-corrected chi connectivity index (χ2v) is 4.30. The first-order valence-corrected chi connectivity index (χ1v) is 4.54. The van der Waals surface area contributed by atoms with Crippen LogP contribution in [0.4, 0.5) is 5.69 Å². The second-order valence-electron chi connectivity index (χ2n) is 1.96. The number of anilines is 1. The minimum Gasteiger partial charge on any atom is -0.504 e. The fraction of sp³-hybridized carbons (Fsp3) is 0.167. The molecule has 0 aliphatic heterocycles. The summed E-state index contributed by atoms with van der Waals surface area (Å²) in [5.74, 6) is -0.811. The number of esters is 1. The molecule has 0 aromatic carbocycles. The number of rotatable bonds is 1. The van der Waals surface area contributed by atoms with Crippen LogP contribution in [0.5, 0.6) is 5.75 Å². The van der Waals surface area contributed by atoms with E-state index in [9.17, 15) is 9.90 Å². The standard InChI is InChI=1S/C6H6BrNO3S/c1-11-6(10)4-3(9)2(8)5(7)12-4/h9H,8H2,1H3. The molecule has 12 heavy (non-hydrogen) atoms. The van der Waals surface area contributed by atoms with Gasteiger partial charge in [0.05, 0.1) is 10.9 Å². The van der Waals surface area contributed by atoms with Gasteiger partial charge in [0.2, 0.25) is 0 Å². The predicted molar refractivity (Wildman–Crippen MR) is 49.4 cm³/mol. The van der Waals surface area contributed by atoms with Gasteiger partial charge >= 0.3 is 5.97 Å². The highest BCUT2D eigenvalue weighted by Crippen LogP contribution is 2.40. The number of ether oxygens (including phenoxy) is 1. The first-order chi connectivity index (χ1) is 5.57. The van der Waals surface area contributed by atoms with Crippen molar-refractivity contribution in [3.63, 3.8) is 0 Å². The maximum Gasteiger partial charge on any atom is 0.352 e. The fourth-order valence-corrected chi connectivity index (χ4v) is 2.07. The number of halogens is 1. The highest BCUT2D eigenvalue weighted by molar-refractivity contribution is 9.11. The Hall–Kier alpha value is -0.750. The Morgan fingerprint density at radius 2 is 2.33 bits per heavy atom. The Kier molecular flexibility index (Phi) is 2.58. The molecule has 3 N–H and O–H groups in total. The molecular weight excluding hydrogens is 246 g/mol. The van der Waals surface area contributed by atoms with Crippen LogP contribution in [0, 0.1) is 0 Å². The van der Waals surface area contributed by atoms with E-state index in [1.807, 2.05) is 0 Å². The van der Waals surface area contributed by atoms with Gasteiger partial charge in [0.1, 0.15) is 5.69 Å². The summed E-state index contributed by atoms with van der Waals surface area (Å²) in [6.45, 7) is 0. The molecule has 0 aliphatic rings. The van der Waals surface area contributed by atoms with Crippen LogP contribution in [0.25, 0.3) is 0 Å². The molecule has 1 heterocycles. The summed E-state index contributed by atoms with van der Waals surface area (Å²) in [6.07, 6.45) is 0. The quantitative estimate of drug-likeness (QED) is 0.744. The zero-order chi connectivity index (χ0) is 9.30. The van der Waals surface area contributed by atoms with Crippen molar-refractivity contribution in [2.75, 3.05) is 12.8 Å². The molecule has 0 spiro atoms. The van der Waals surface area contributed by atoms with Crippen LogP contribution < -0.4 is 5.73 Å². The summed E-state index contributed by atoms with van der Waals surface area (Å²) in [5, 5.41) is 9.27. The van der Waals surface area contributed by atoms with E-state index in [1.54, 1.807) is 0 Å². The van der Waals surface area contributed by atoms with Gasteiger partial charge in [-0.25, -0.2) is 4.79 Å². The van der Waals surface area contributed by atoms with Crippen molar-refractivity contribution in [1.29, 1.82) is 0 Å². The van der Waals surface area contributed by atoms with Crippen molar-refractivity contribution >= 4 is 38.9 Å². The molecule has 0 unspecified atom stereocenters. The molecule has 0 radical (unpaired) electrons. The van der Waals surface area contributed by atoms with Gasteiger partial charge in [-0.1, -0.05) is 0 Å². The topological polar surface area (TPSA) is 72.5 Å². The van der Waals surface area contributed by atoms with Gasteiger partial charge in [-0.05, 0) is 15.9 Å². The number of thiophene rings is 1. The number of hydrogen-bond donors (Lipinski definition) is 2. The molecule has 6 heteroatoms. The molecule has 0 bridgehead atoms. The summed E-state index contributed by atoms with van der Waals surface area (Å²) < 4.78 is 4.95. The summed E-state index contributed by atoms with van der Waals surface area (Å²) in [6, 6.07) is 0. The Bertz CT molecular complexity index is 323. The molecule has 0 atom stereocenters. The van der Waals surface area contributed by atoms with Gasteiger partial charge in [0.25, 0.3) is 0 Å². The molecular formula is C6H6BrNO3S. The fourth-order valence-electron chi connectivity index (χ4n) is 0.639. The lowest BCUT2D eigenvalue weighted by Crippen LogP contribution is -1.98. The van der Waals surface area contributed by atoms with E-state index in [2.05, 4.69) is 20.7 Å². The summed E-state index contributed by atoms with van der Waals surface area (Å²) in [5.41, 5.74) is 5.57. The minimum atomic E-state index is -0.588. The third-order valence-electron chi connectivity index (χ3n) is 1.24. The van der Waals surface area contributed by atoms with Crippen molar-refractivity contribution in [3.05, 3.63) is 8.66 Å². The second kappa shape index (κ2) is 3.32. The number of aromatic hydroxyl groups is 1. The van der Waals surface area contributed by atoms with E-state index in [4.69, 9.17) is 5.73 Å². The normalized spacial score (nSPS) is 9.83. The summed E-state index contributed by atoms with van der Waals surface area (Å²) in [7, 11) is 1.24.